The molecule has 7 nitrogen and oxygen atoms in total. The normalized spacial score (nSPS) is 21.8. The van der Waals surface area contributed by atoms with Crippen molar-refractivity contribution in [2.24, 2.45) is 5.84 Å². The number of morpholine rings is 1. The summed E-state index contributed by atoms with van der Waals surface area (Å²) >= 11 is 0. The number of nitrogens with zero attached hydrogens (tertiary/aromatic N) is 2. The van der Waals surface area contributed by atoms with Gasteiger partial charge in [0.05, 0.1) is 17.6 Å². The molecule has 0 spiro atoms. The Morgan fingerprint density at radius 1 is 1.61 bits per heavy atom. The summed E-state index contributed by atoms with van der Waals surface area (Å²) in [5.41, 5.74) is 2.33. The van der Waals surface area contributed by atoms with E-state index in [1.54, 1.807) is 0 Å². The fourth-order valence-electron chi connectivity index (χ4n) is 1.80. The highest BCUT2D eigenvalue weighted by molar-refractivity contribution is 7.89. The van der Waals surface area contributed by atoms with Gasteiger partial charge in [0, 0.05) is 25.4 Å². The maximum absolute atomic E-state index is 12.4. The van der Waals surface area contributed by atoms with Crippen LogP contribution in [0.2, 0.25) is 0 Å². The van der Waals surface area contributed by atoms with Crippen LogP contribution >= 0.6 is 0 Å². The molecule has 2 rings (SSSR count). The Balaban J connectivity index is 2.29. The van der Waals surface area contributed by atoms with Crippen LogP contribution < -0.4 is 11.3 Å². The van der Waals surface area contributed by atoms with Crippen molar-refractivity contribution in [3.63, 3.8) is 0 Å². The van der Waals surface area contributed by atoms with E-state index in [9.17, 15) is 8.42 Å². The van der Waals surface area contributed by atoms with Crippen molar-refractivity contribution >= 4 is 15.8 Å². The molecule has 1 saturated heterocycles. The maximum atomic E-state index is 12.4. The van der Waals surface area contributed by atoms with E-state index in [1.807, 2.05) is 6.92 Å². The third kappa shape index (κ3) is 2.61. The molecule has 0 radical (unpaired) electrons. The summed E-state index contributed by atoms with van der Waals surface area (Å²) < 4.78 is 31.5. The second-order valence-electron chi connectivity index (χ2n) is 4.07. The number of pyridine rings is 1. The summed E-state index contributed by atoms with van der Waals surface area (Å²) in [6.45, 7) is 2.98. The van der Waals surface area contributed by atoms with Crippen molar-refractivity contribution in [1.29, 1.82) is 0 Å². The summed E-state index contributed by atoms with van der Waals surface area (Å²) in [5.74, 6) is 5.54. The number of hydrazine groups is 1. The van der Waals surface area contributed by atoms with Crippen LogP contribution in [0.25, 0.3) is 0 Å². The van der Waals surface area contributed by atoms with Crippen LogP contribution in [0.3, 0.4) is 0 Å². The maximum Gasteiger partial charge on any atom is 0.243 e. The van der Waals surface area contributed by atoms with Gasteiger partial charge in [0.1, 0.15) is 5.82 Å². The second-order valence-corrected chi connectivity index (χ2v) is 6.00. The second kappa shape index (κ2) is 5.19. The number of hydrogen-bond donors (Lipinski definition) is 2. The average Bonchev–Trinajstić information content (AvgIpc) is 2.39. The zero-order chi connectivity index (χ0) is 13.2. The molecular formula is C10H16N4O3S. The van der Waals surface area contributed by atoms with E-state index in [2.05, 4.69) is 10.4 Å². The van der Waals surface area contributed by atoms with Gasteiger partial charge in [-0.3, -0.25) is 0 Å². The number of nitrogen functional groups attached to an aromatic ring is 1. The molecule has 0 amide bonds. The Hall–Kier alpha value is -1.22. The summed E-state index contributed by atoms with van der Waals surface area (Å²) in [5, 5.41) is 0. The van der Waals surface area contributed by atoms with Crippen molar-refractivity contribution in [1.82, 2.24) is 9.29 Å². The monoisotopic (exact) mass is 272 g/mol. The Labute approximate surface area is 106 Å². The minimum atomic E-state index is -3.51. The van der Waals surface area contributed by atoms with E-state index >= 15 is 0 Å². The predicted octanol–water partition coefficient (Wildman–Crippen LogP) is -0.223. The van der Waals surface area contributed by atoms with E-state index in [0.717, 1.165) is 0 Å². The lowest BCUT2D eigenvalue weighted by Crippen LogP contribution is -2.44. The summed E-state index contributed by atoms with van der Waals surface area (Å²) in [4.78, 5) is 4.07. The average molecular weight is 272 g/mol. The Morgan fingerprint density at radius 3 is 3.06 bits per heavy atom. The van der Waals surface area contributed by atoms with Gasteiger partial charge >= 0.3 is 0 Å². The number of aromatic nitrogens is 1. The molecule has 1 unspecified atom stereocenters. The van der Waals surface area contributed by atoms with Crippen LogP contribution in [-0.2, 0) is 14.8 Å². The number of nitrogens with two attached hydrogens (primary N) is 1. The molecule has 0 saturated carbocycles. The Morgan fingerprint density at radius 2 is 2.39 bits per heavy atom. The van der Waals surface area contributed by atoms with Crippen molar-refractivity contribution in [2.45, 2.75) is 17.9 Å². The van der Waals surface area contributed by atoms with Gasteiger partial charge in [-0.25, -0.2) is 19.2 Å². The zero-order valence-electron chi connectivity index (χ0n) is 10.0. The van der Waals surface area contributed by atoms with Gasteiger partial charge < -0.3 is 10.2 Å². The molecule has 0 aromatic carbocycles. The van der Waals surface area contributed by atoms with Gasteiger partial charge in [0.15, 0.2) is 0 Å². The molecule has 1 atom stereocenters. The molecule has 1 aromatic rings. The highest BCUT2D eigenvalue weighted by Gasteiger charge is 2.29. The largest absolute Gasteiger partial charge is 0.376 e. The van der Waals surface area contributed by atoms with Crippen LogP contribution in [-0.4, -0.2) is 43.5 Å². The number of rotatable bonds is 3. The molecule has 100 valence electrons. The minimum absolute atomic E-state index is 0.0949. The first-order valence-electron chi connectivity index (χ1n) is 5.58. The van der Waals surface area contributed by atoms with E-state index in [0.29, 0.717) is 25.5 Å². The fraction of sp³-hybridized carbons (Fsp3) is 0.500. The first-order valence-corrected chi connectivity index (χ1v) is 7.02. The zero-order valence-corrected chi connectivity index (χ0v) is 10.9. The highest BCUT2D eigenvalue weighted by atomic mass is 32.2. The number of hydrogen-bond acceptors (Lipinski definition) is 6. The summed E-state index contributed by atoms with van der Waals surface area (Å²) in [6.07, 6.45) is 1.31. The van der Waals surface area contributed by atoms with E-state index in [-0.39, 0.29) is 11.0 Å². The standard InChI is InChI=1S/C10H16N4O3S/c1-8-7-14(4-5-17-8)18(15,16)9-2-3-12-10(6-9)13-11/h2-3,6,8H,4-5,7,11H2,1H3,(H,12,13). The molecule has 0 aliphatic carbocycles. The summed E-state index contributed by atoms with van der Waals surface area (Å²) in [7, 11) is -3.51. The lowest BCUT2D eigenvalue weighted by Gasteiger charge is -2.30. The predicted molar refractivity (Wildman–Crippen MR) is 66.2 cm³/mol. The molecule has 1 fully saturated rings. The molecule has 0 bridgehead atoms. The first kappa shape index (κ1) is 13.2. The van der Waals surface area contributed by atoms with Gasteiger partial charge in [-0.05, 0) is 13.0 Å². The van der Waals surface area contributed by atoms with Crippen LogP contribution in [0.1, 0.15) is 6.92 Å². The number of nitrogens with one attached hydrogen (secondary N) is 1. The topological polar surface area (TPSA) is 97.6 Å². The first-order chi connectivity index (χ1) is 8.54. The van der Waals surface area contributed by atoms with Crippen molar-refractivity contribution < 1.29 is 13.2 Å². The van der Waals surface area contributed by atoms with E-state index in [4.69, 9.17) is 10.6 Å². The third-order valence-electron chi connectivity index (χ3n) is 2.72. The molecule has 3 N–H and O–H groups in total. The number of ether oxygens (including phenoxy) is 1. The molecule has 18 heavy (non-hydrogen) atoms. The Bertz CT molecular complexity index is 520. The van der Waals surface area contributed by atoms with Crippen molar-refractivity contribution in [3.05, 3.63) is 18.3 Å². The van der Waals surface area contributed by atoms with Crippen LogP contribution in [0.15, 0.2) is 23.2 Å². The molecule has 1 aliphatic heterocycles. The van der Waals surface area contributed by atoms with E-state index in [1.165, 1.54) is 22.6 Å². The Kier molecular flexibility index (Phi) is 3.81. The van der Waals surface area contributed by atoms with E-state index < -0.39 is 10.0 Å². The van der Waals surface area contributed by atoms with Gasteiger partial charge in [-0.1, -0.05) is 0 Å². The SMILES string of the molecule is CC1CN(S(=O)(=O)c2ccnc(NN)c2)CCO1. The third-order valence-corrected chi connectivity index (χ3v) is 4.58. The molecule has 1 aliphatic rings. The number of anilines is 1. The van der Waals surface area contributed by atoms with Crippen LogP contribution in [0.4, 0.5) is 5.82 Å². The van der Waals surface area contributed by atoms with Crippen LogP contribution in [0, 0.1) is 0 Å². The minimum Gasteiger partial charge on any atom is -0.376 e. The van der Waals surface area contributed by atoms with Gasteiger partial charge in [0.25, 0.3) is 0 Å². The van der Waals surface area contributed by atoms with Crippen molar-refractivity contribution in [2.75, 3.05) is 25.1 Å². The highest BCUT2D eigenvalue weighted by Crippen LogP contribution is 2.19. The molecule has 1 aromatic heterocycles. The fourth-order valence-corrected chi connectivity index (χ4v) is 3.32. The smallest absolute Gasteiger partial charge is 0.243 e. The molecular weight excluding hydrogens is 256 g/mol. The van der Waals surface area contributed by atoms with Gasteiger partial charge in [-0.15, -0.1) is 0 Å². The quantitative estimate of drug-likeness (QED) is 0.583. The summed E-state index contributed by atoms with van der Waals surface area (Å²) in [6, 6.07) is 2.87. The number of sulfonamides is 1. The van der Waals surface area contributed by atoms with Crippen LogP contribution in [0.5, 0.6) is 0 Å². The van der Waals surface area contributed by atoms with Gasteiger partial charge in [-0.2, -0.15) is 4.31 Å². The molecule has 2 heterocycles. The van der Waals surface area contributed by atoms with Gasteiger partial charge in [0.2, 0.25) is 10.0 Å². The lowest BCUT2D eigenvalue weighted by atomic mass is 10.3. The lowest BCUT2D eigenvalue weighted by molar-refractivity contribution is 0.0102. The van der Waals surface area contributed by atoms with Crippen molar-refractivity contribution in [3.8, 4) is 0 Å². The molecule has 8 heteroatoms.